The second kappa shape index (κ2) is 5.96. The van der Waals surface area contributed by atoms with Gasteiger partial charge in [-0.15, -0.1) is 0 Å². The maximum absolute atomic E-state index is 10.4. The summed E-state index contributed by atoms with van der Waals surface area (Å²) in [5.41, 5.74) is 1.10. The fourth-order valence-corrected chi connectivity index (χ4v) is 3.43. The van der Waals surface area contributed by atoms with Gasteiger partial charge in [-0.3, -0.25) is 4.90 Å². The summed E-state index contributed by atoms with van der Waals surface area (Å²) in [6.07, 6.45) is 3.98. The van der Waals surface area contributed by atoms with Gasteiger partial charge in [0, 0.05) is 29.4 Å². The number of halogens is 2. The van der Waals surface area contributed by atoms with Crippen molar-refractivity contribution in [2.75, 3.05) is 13.6 Å². The smallest absolute Gasteiger partial charge is 0.135 e. The highest BCUT2D eigenvalue weighted by Gasteiger charge is 2.32. The molecule has 1 aromatic heterocycles. The minimum atomic E-state index is -0.550. The lowest BCUT2D eigenvalue weighted by molar-refractivity contribution is 0.0145. The van der Waals surface area contributed by atoms with E-state index in [0.29, 0.717) is 23.3 Å². The molecule has 1 saturated carbocycles. The van der Waals surface area contributed by atoms with E-state index in [2.05, 4.69) is 9.88 Å². The summed E-state index contributed by atoms with van der Waals surface area (Å²) in [5.74, 6) is 0. The van der Waals surface area contributed by atoms with Crippen LogP contribution in [0.5, 0.6) is 0 Å². The zero-order chi connectivity index (χ0) is 14.0. The van der Waals surface area contributed by atoms with Crippen LogP contribution in [0.3, 0.4) is 0 Å². The quantitative estimate of drug-likeness (QED) is 0.866. The van der Waals surface area contributed by atoms with Crippen molar-refractivity contribution in [2.45, 2.75) is 44.8 Å². The first-order valence-electron chi connectivity index (χ1n) is 6.62. The van der Waals surface area contributed by atoms with Gasteiger partial charge in [0.1, 0.15) is 5.15 Å². The number of aliphatic hydroxyl groups is 1. The Labute approximate surface area is 124 Å². The zero-order valence-electron chi connectivity index (χ0n) is 11.4. The predicted octanol–water partition coefficient (Wildman–Crippen LogP) is 3.43. The molecule has 0 aliphatic heterocycles. The lowest BCUT2D eigenvalue weighted by atomic mass is 10.0. The fourth-order valence-electron chi connectivity index (χ4n) is 2.78. The highest BCUT2D eigenvalue weighted by Crippen LogP contribution is 2.31. The maximum atomic E-state index is 10.4. The number of likely N-dealkylation sites (N-methyl/N-ethyl adjacent to an activating group) is 1. The third-order valence-electron chi connectivity index (χ3n) is 3.67. The lowest BCUT2D eigenvalue weighted by Crippen LogP contribution is -2.38. The molecule has 106 valence electrons. The van der Waals surface area contributed by atoms with Crippen molar-refractivity contribution < 1.29 is 5.11 Å². The highest BCUT2D eigenvalue weighted by atomic mass is 35.5. The first kappa shape index (κ1) is 15.0. The van der Waals surface area contributed by atoms with Crippen molar-refractivity contribution in [1.82, 2.24) is 9.88 Å². The Morgan fingerprint density at radius 1 is 1.37 bits per heavy atom. The standard InChI is InChI=1S/C14H20Cl2N2O/c1-10-7-12(15)11(13(16)17-10)8-18(2)9-14(19)5-3-4-6-14/h7,19H,3-6,8-9H2,1-2H3. The van der Waals surface area contributed by atoms with Crippen molar-refractivity contribution in [3.05, 3.63) is 27.5 Å². The molecule has 0 amide bonds. The summed E-state index contributed by atoms with van der Waals surface area (Å²) < 4.78 is 0. The first-order chi connectivity index (χ1) is 8.89. The summed E-state index contributed by atoms with van der Waals surface area (Å²) in [5, 5.41) is 11.5. The molecule has 1 heterocycles. The van der Waals surface area contributed by atoms with Gasteiger partial charge in [0.25, 0.3) is 0 Å². The Morgan fingerprint density at radius 2 is 2.00 bits per heavy atom. The molecule has 0 saturated heterocycles. The van der Waals surface area contributed by atoms with E-state index in [0.717, 1.165) is 36.9 Å². The largest absolute Gasteiger partial charge is 0.389 e. The summed E-state index contributed by atoms with van der Waals surface area (Å²) in [6.45, 7) is 3.12. The molecule has 5 heteroatoms. The van der Waals surface area contributed by atoms with Gasteiger partial charge in [0.05, 0.1) is 5.60 Å². The number of pyridine rings is 1. The van der Waals surface area contributed by atoms with Gasteiger partial charge < -0.3 is 5.11 Å². The van der Waals surface area contributed by atoms with Crippen LogP contribution in [0.4, 0.5) is 0 Å². The molecule has 1 N–H and O–H groups in total. The molecule has 0 aromatic carbocycles. The lowest BCUT2D eigenvalue weighted by Gasteiger charge is -2.29. The summed E-state index contributed by atoms with van der Waals surface area (Å²) in [4.78, 5) is 6.29. The van der Waals surface area contributed by atoms with Gasteiger partial charge in [-0.05, 0) is 32.9 Å². The molecule has 1 aliphatic rings. The molecular weight excluding hydrogens is 283 g/mol. The first-order valence-corrected chi connectivity index (χ1v) is 7.38. The van der Waals surface area contributed by atoms with Crippen LogP contribution in [0.25, 0.3) is 0 Å². The fraction of sp³-hybridized carbons (Fsp3) is 0.643. The minimum absolute atomic E-state index is 0.454. The van der Waals surface area contributed by atoms with Crippen molar-refractivity contribution >= 4 is 23.2 Å². The molecule has 0 unspecified atom stereocenters. The van der Waals surface area contributed by atoms with E-state index in [4.69, 9.17) is 23.2 Å². The molecule has 1 aromatic rings. The summed E-state index contributed by atoms with van der Waals surface area (Å²) in [6, 6.07) is 1.82. The van der Waals surface area contributed by atoms with Gasteiger partial charge in [-0.1, -0.05) is 36.0 Å². The molecule has 1 aliphatic carbocycles. The second-order valence-electron chi connectivity index (χ2n) is 5.62. The van der Waals surface area contributed by atoms with Crippen LogP contribution in [-0.4, -0.2) is 34.2 Å². The van der Waals surface area contributed by atoms with Crippen LogP contribution >= 0.6 is 23.2 Å². The van der Waals surface area contributed by atoms with Crippen molar-refractivity contribution in [3.63, 3.8) is 0 Å². The average molecular weight is 303 g/mol. The molecule has 0 bridgehead atoms. The minimum Gasteiger partial charge on any atom is -0.389 e. The van der Waals surface area contributed by atoms with Gasteiger partial charge in [0.15, 0.2) is 0 Å². The number of hydrogen-bond donors (Lipinski definition) is 1. The number of nitrogens with zero attached hydrogens (tertiary/aromatic N) is 2. The molecule has 1 fully saturated rings. The van der Waals surface area contributed by atoms with Crippen molar-refractivity contribution in [2.24, 2.45) is 0 Å². The van der Waals surface area contributed by atoms with Crippen LogP contribution in [0.1, 0.15) is 36.9 Å². The molecule has 0 radical (unpaired) electrons. The third kappa shape index (κ3) is 3.82. The summed E-state index contributed by atoms with van der Waals surface area (Å²) >= 11 is 12.4. The van der Waals surface area contributed by atoms with Crippen molar-refractivity contribution in [3.8, 4) is 0 Å². The molecule has 3 nitrogen and oxygen atoms in total. The number of aryl methyl sites for hydroxylation is 1. The van der Waals surface area contributed by atoms with Gasteiger partial charge in [-0.2, -0.15) is 0 Å². The molecule has 0 atom stereocenters. The monoisotopic (exact) mass is 302 g/mol. The van der Waals surface area contributed by atoms with E-state index in [-0.39, 0.29) is 0 Å². The van der Waals surface area contributed by atoms with E-state index in [1.165, 1.54) is 0 Å². The predicted molar refractivity (Wildman–Crippen MR) is 78.7 cm³/mol. The van der Waals surface area contributed by atoms with E-state index in [1.54, 1.807) is 0 Å². The van der Waals surface area contributed by atoms with Crippen molar-refractivity contribution in [1.29, 1.82) is 0 Å². The van der Waals surface area contributed by atoms with Crippen LogP contribution in [0.2, 0.25) is 10.2 Å². The van der Waals surface area contributed by atoms with Crippen LogP contribution < -0.4 is 0 Å². The van der Waals surface area contributed by atoms with Crippen LogP contribution in [0, 0.1) is 6.92 Å². The average Bonchev–Trinajstić information content (AvgIpc) is 2.70. The molecule has 2 rings (SSSR count). The molecule has 0 spiro atoms. The second-order valence-corrected chi connectivity index (χ2v) is 6.38. The zero-order valence-corrected chi connectivity index (χ0v) is 12.9. The Kier molecular flexibility index (Phi) is 4.72. The highest BCUT2D eigenvalue weighted by molar-refractivity contribution is 6.35. The van der Waals surface area contributed by atoms with Gasteiger partial charge >= 0.3 is 0 Å². The normalized spacial score (nSPS) is 18.2. The topological polar surface area (TPSA) is 36.4 Å². The van der Waals surface area contributed by atoms with E-state index in [1.807, 2.05) is 20.0 Å². The number of hydrogen-bond acceptors (Lipinski definition) is 3. The summed E-state index contributed by atoms with van der Waals surface area (Å²) in [7, 11) is 1.98. The molecule has 19 heavy (non-hydrogen) atoms. The SMILES string of the molecule is Cc1cc(Cl)c(CN(C)CC2(O)CCCC2)c(Cl)n1. The van der Waals surface area contributed by atoms with Crippen LogP contribution in [-0.2, 0) is 6.54 Å². The Hall–Kier alpha value is -0.350. The Bertz CT molecular complexity index is 436. The number of rotatable bonds is 4. The Balaban J connectivity index is 2.04. The third-order valence-corrected chi connectivity index (χ3v) is 4.32. The van der Waals surface area contributed by atoms with E-state index in [9.17, 15) is 5.11 Å². The Morgan fingerprint density at radius 3 is 2.58 bits per heavy atom. The van der Waals surface area contributed by atoms with E-state index < -0.39 is 5.60 Å². The van der Waals surface area contributed by atoms with Crippen LogP contribution in [0.15, 0.2) is 6.07 Å². The maximum Gasteiger partial charge on any atom is 0.135 e. The van der Waals surface area contributed by atoms with Gasteiger partial charge in [-0.25, -0.2) is 4.98 Å². The molecular formula is C14H20Cl2N2O. The van der Waals surface area contributed by atoms with Gasteiger partial charge in [0.2, 0.25) is 0 Å². The number of aromatic nitrogens is 1. The van der Waals surface area contributed by atoms with E-state index >= 15 is 0 Å².